The second-order valence-electron chi connectivity index (χ2n) is 13.4. The fourth-order valence-corrected chi connectivity index (χ4v) is 6.70. The zero-order chi connectivity index (χ0) is 33.9. The third kappa shape index (κ3) is 8.34. The SMILES string of the molecule is Cc1cccc(COc2ccc(C(=O)C3CCC(Cn4nnc5ccc(C(F)(F)F)cc5c4=O)C3C(=O)OCC[Si](C)(C)C)cc2)c1. The van der Waals surface area contributed by atoms with Gasteiger partial charge < -0.3 is 9.47 Å². The number of carbonyl (C=O) groups is 2. The standard InChI is InChI=1S/C35H38F3N3O5Si/c1-22-6-5-7-23(18-22)21-46-27-12-8-24(9-13-27)32(42)28-14-10-25(31(28)34(44)45-16-17-47(2,3)4)20-41-33(43)29-19-26(35(36,37)38)11-15-30(29)39-40-41/h5-9,11-13,15,18-19,25,28,31H,10,14,16-17,20-21H2,1-4H3. The van der Waals surface area contributed by atoms with E-state index >= 15 is 0 Å². The number of hydrogen-bond donors (Lipinski definition) is 0. The zero-order valence-corrected chi connectivity index (χ0v) is 27.8. The summed E-state index contributed by atoms with van der Waals surface area (Å²) in [5.74, 6) is -2.25. The molecule has 1 fully saturated rings. The predicted octanol–water partition coefficient (Wildman–Crippen LogP) is 7.10. The Bertz CT molecular complexity index is 1820. The van der Waals surface area contributed by atoms with E-state index in [1.54, 1.807) is 24.3 Å². The van der Waals surface area contributed by atoms with E-state index in [1.165, 1.54) is 0 Å². The fraction of sp³-hybridized carbons (Fsp3) is 0.400. The van der Waals surface area contributed by atoms with Crippen molar-refractivity contribution in [3.63, 3.8) is 0 Å². The number of hydrogen-bond acceptors (Lipinski definition) is 7. The fourth-order valence-electron chi connectivity index (χ4n) is 5.98. The largest absolute Gasteiger partial charge is 0.489 e. The molecule has 0 radical (unpaired) electrons. The number of Topliss-reactive ketones (excluding diaryl/α,β-unsaturated/α-hetero) is 1. The molecule has 1 heterocycles. The van der Waals surface area contributed by atoms with Gasteiger partial charge >= 0.3 is 12.1 Å². The van der Waals surface area contributed by atoms with E-state index in [2.05, 4.69) is 30.0 Å². The summed E-state index contributed by atoms with van der Waals surface area (Å²) in [5, 5.41) is 7.69. The highest BCUT2D eigenvalue weighted by atomic mass is 28.3. The minimum atomic E-state index is -4.64. The molecule has 1 aliphatic rings. The van der Waals surface area contributed by atoms with Crippen LogP contribution >= 0.6 is 0 Å². The summed E-state index contributed by atoms with van der Waals surface area (Å²) in [5.41, 5.74) is 0.886. The molecule has 8 nitrogen and oxygen atoms in total. The van der Waals surface area contributed by atoms with Crippen molar-refractivity contribution in [3.8, 4) is 5.75 Å². The summed E-state index contributed by atoms with van der Waals surface area (Å²) in [6.07, 6.45) is -3.85. The number of halogens is 3. The molecule has 3 atom stereocenters. The molecule has 4 aromatic rings. The molecule has 0 saturated heterocycles. The zero-order valence-electron chi connectivity index (χ0n) is 26.8. The van der Waals surface area contributed by atoms with E-state index in [9.17, 15) is 27.6 Å². The van der Waals surface area contributed by atoms with Gasteiger partial charge in [-0.25, -0.2) is 4.68 Å². The van der Waals surface area contributed by atoms with Gasteiger partial charge in [-0.3, -0.25) is 14.4 Å². The predicted molar refractivity (Wildman–Crippen MR) is 174 cm³/mol. The number of esters is 1. The first-order valence-electron chi connectivity index (χ1n) is 15.6. The maximum Gasteiger partial charge on any atom is 0.416 e. The minimum absolute atomic E-state index is 0.0346. The Hall–Kier alpha value is -4.32. The van der Waals surface area contributed by atoms with E-state index in [1.807, 2.05) is 31.2 Å². The third-order valence-electron chi connectivity index (χ3n) is 8.58. The molecule has 0 aliphatic heterocycles. The van der Waals surface area contributed by atoms with Gasteiger partial charge in [-0.2, -0.15) is 13.2 Å². The smallest absolute Gasteiger partial charge is 0.416 e. The van der Waals surface area contributed by atoms with Gasteiger partial charge in [0.25, 0.3) is 5.56 Å². The van der Waals surface area contributed by atoms with Gasteiger partial charge in [-0.1, -0.05) is 54.7 Å². The van der Waals surface area contributed by atoms with Crippen LogP contribution in [-0.2, 0) is 28.9 Å². The molecule has 0 N–H and O–H groups in total. The summed E-state index contributed by atoms with van der Waals surface area (Å²) in [7, 11) is -1.52. The average Bonchev–Trinajstić information content (AvgIpc) is 3.43. The summed E-state index contributed by atoms with van der Waals surface area (Å²) in [6, 6.07) is 18.2. The van der Waals surface area contributed by atoms with Crippen molar-refractivity contribution in [1.29, 1.82) is 0 Å². The summed E-state index contributed by atoms with van der Waals surface area (Å²) in [4.78, 5) is 40.7. The van der Waals surface area contributed by atoms with Crippen LogP contribution in [0.25, 0.3) is 10.9 Å². The van der Waals surface area contributed by atoms with Crippen molar-refractivity contribution in [3.05, 3.63) is 99.3 Å². The van der Waals surface area contributed by atoms with E-state index < -0.39 is 49.1 Å². The highest BCUT2D eigenvalue weighted by Gasteiger charge is 2.46. The van der Waals surface area contributed by atoms with Gasteiger partial charge in [0.1, 0.15) is 17.9 Å². The molecule has 3 aromatic carbocycles. The van der Waals surface area contributed by atoms with E-state index in [0.29, 0.717) is 30.8 Å². The van der Waals surface area contributed by atoms with Gasteiger partial charge in [0.05, 0.1) is 30.0 Å². The Morgan fingerprint density at radius 2 is 1.74 bits per heavy atom. The monoisotopic (exact) mass is 665 g/mol. The minimum Gasteiger partial charge on any atom is -0.489 e. The lowest BCUT2D eigenvalue weighted by molar-refractivity contribution is -0.150. The molecule has 0 bridgehead atoms. The number of aromatic nitrogens is 3. The molecule has 1 aromatic heterocycles. The topological polar surface area (TPSA) is 100 Å². The molecule has 3 unspecified atom stereocenters. The summed E-state index contributed by atoms with van der Waals surface area (Å²) in [6.45, 7) is 8.99. The van der Waals surface area contributed by atoms with Crippen molar-refractivity contribution < 1.29 is 32.2 Å². The van der Waals surface area contributed by atoms with Crippen molar-refractivity contribution in [1.82, 2.24) is 15.0 Å². The number of nitrogens with zero attached hydrogens (tertiary/aromatic N) is 3. The lowest BCUT2D eigenvalue weighted by atomic mass is 9.84. The summed E-state index contributed by atoms with van der Waals surface area (Å²) >= 11 is 0. The van der Waals surface area contributed by atoms with Crippen molar-refractivity contribution in [2.24, 2.45) is 17.8 Å². The van der Waals surface area contributed by atoms with Crippen LogP contribution in [0.4, 0.5) is 13.2 Å². The van der Waals surface area contributed by atoms with Gasteiger partial charge in [0.2, 0.25) is 0 Å². The van der Waals surface area contributed by atoms with Crippen LogP contribution in [0.2, 0.25) is 25.7 Å². The van der Waals surface area contributed by atoms with Gasteiger partial charge in [0.15, 0.2) is 5.78 Å². The van der Waals surface area contributed by atoms with E-state index in [0.717, 1.165) is 40.1 Å². The van der Waals surface area contributed by atoms with Crippen LogP contribution in [0.15, 0.2) is 71.5 Å². The number of alkyl halides is 3. The van der Waals surface area contributed by atoms with Crippen molar-refractivity contribution >= 4 is 30.7 Å². The second-order valence-corrected chi connectivity index (χ2v) is 19.0. The number of benzene rings is 3. The Morgan fingerprint density at radius 3 is 2.43 bits per heavy atom. The Kier molecular flexibility index (Phi) is 9.99. The first-order valence-corrected chi connectivity index (χ1v) is 19.3. The van der Waals surface area contributed by atoms with Gasteiger partial charge in [0, 0.05) is 19.6 Å². The maximum absolute atomic E-state index is 13.8. The third-order valence-corrected chi connectivity index (χ3v) is 10.3. The van der Waals surface area contributed by atoms with Gasteiger partial charge in [-0.15, -0.1) is 5.10 Å². The quantitative estimate of drug-likeness (QED) is 0.0957. The molecule has 0 amide bonds. The molecule has 248 valence electrons. The van der Waals surface area contributed by atoms with Crippen molar-refractivity contribution in [2.75, 3.05) is 6.61 Å². The molecule has 1 saturated carbocycles. The lowest BCUT2D eigenvalue weighted by Crippen LogP contribution is -2.36. The molecule has 47 heavy (non-hydrogen) atoms. The Morgan fingerprint density at radius 1 is 1.00 bits per heavy atom. The van der Waals surface area contributed by atoms with Gasteiger partial charge in [-0.05, 0) is 79.8 Å². The number of ketones is 1. The summed E-state index contributed by atoms with van der Waals surface area (Å²) < 4.78 is 52.7. The van der Waals surface area contributed by atoms with Crippen LogP contribution in [0.5, 0.6) is 5.75 Å². The van der Waals surface area contributed by atoms with Crippen LogP contribution in [-0.4, -0.2) is 41.4 Å². The van der Waals surface area contributed by atoms with Crippen LogP contribution in [0.1, 0.15) is 39.9 Å². The normalized spacial score (nSPS) is 18.3. The Balaban J connectivity index is 1.36. The highest BCUT2D eigenvalue weighted by Crippen LogP contribution is 2.41. The molecular formula is C35H38F3N3O5Si. The van der Waals surface area contributed by atoms with E-state index in [4.69, 9.17) is 9.47 Å². The molecule has 12 heteroatoms. The van der Waals surface area contributed by atoms with Crippen LogP contribution < -0.4 is 10.3 Å². The van der Waals surface area contributed by atoms with E-state index in [-0.39, 0.29) is 29.8 Å². The number of rotatable bonds is 11. The molecule has 1 aliphatic carbocycles. The maximum atomic E-state index is 13.8. The first kappa shape index (κ1) is 34.0. The van der Waals surface area contributed by atoms with Crippen molar-refractivity contribution in [2.45, 2.75) is 64.8 Å². The molecule has 5 rings (SSSR count). The van der Waals surface area contributed by atoms with Crippen LogP contribution in [0.3, 0.4) is 0 Å². The first-order chi connectivity index (χ1) is 22.2. The molecule has 0 spiro atoms. The number of fused-ring (bicyclic) bond motifs is 1. The number of ether oxygens (including phenoxy) is 2. The number of carbonyl (C=O) groups excluding carboxylic acids is 2. The lowest BCUT2D eigenvalue weighted by Gasteiger charge is -2.24. The number of aryl methyl sites for hydroxylation is 1. The molecular weight excluding hydrogens is 627 g/mol. The Labute approximate surface area is 271 Å². The average molecular weight is 666 g/mol. The highest BCUT2D eigenvalue weighted by molar-refractivity contribution is 6.76. The second kappa shape index (κ2) is 13.8. The van der Waals surface area contributed by atoms with Crippen LogP contribution in [0, 0.1) is 24.7 Å².